The van der Waals surface area contributed by atoms with Gasteiger partial charge in [-0.2, -0.15) is 0 Å². The first-order valence-corrected chi connectivity index (χ1v) is 3.92. The van der Waals surface area contributed by atoms with Gasteiger partial charge in [0.2, 0.25) is 5.88 Å². The van der Waals surface area contributed by atoms with Gasteiger partial charge >= 0.3 is 0 Å². The van der Waals surface area contributed by atoms with Gasteiger partial charge in [-0.05, 0) is 6.92 Å². The molecule has 0 bridgehead atoms. The van der Waals surface area contributed by atoms with E-state index in [1.54, 1.807) is 11.8 Å². The smallest absolute Gasteiger partial charge is 0.238 e. The van der Waals surface area contributed by atoms with Gasteiger partial charge in [-0.3, -0.25) is 4.68 Å². The van der Waals surface area contributed by atoms with E-state index >= 15 is 0 Å². The third kappa shape index (κ3) is 1.98. The fourth-order valence-corrected chi connectivity index (χ4v) is 1.00. The second-order valence-corrected chi connectivity index (χ2v) is 2.47. The predicted molar refractivity (Wildman–Crippen MR) is 45.1 cm³/mol. The molecule has 0 aliphatic heterocycles. The number of aryl methyl sites for hydroxylation is 1. The van der Waals surface area contributed by atoms with Crippen molar-refractivity contribution < 1.29 is 9.47 Å². The van der Waals surface area contributed by atoms with Gasteiger partial charge in [0.15, 0.2) is 0 Å². The van der Waals surface area contributed by atoms with Gasteiger partial charge in [0, 0.05) is 19.9 Å². The molecule has 0 unspecified atom stereocenters. The molecule has 0 aliphatic rings. The zero-order valence-corrected chi connectivity index (χ0v) is 7.70. The molecule has 0 spiro atoms. The van der Waals surface area contributed by atoms with E-state index in [1.165, 1.54) is 0 Å². The van der Waals surface area contributed by atoms with Crippen LogP contribution in [-0.4, -0.2) is 23.5 Å². The Morgan fingerprint density at radius 3 is 2.92 bits per heavy atom. The van der Waals surface area contributed by atoms with Gasteiger partial charge in [0.05, 0.1) is 19.3 Å². The van der Waals surface area contributed by atoms with Crippen LogP contribution in [0.5, 0.6) is 5.88 Å². The molecular formula is C8H14N2O2. The third-order valence-corrected chi connectivity index (χ3v) is 1.52. The Labute approximate surface area is 72.1 Å². The zero-order valence-electron chi connectivity index (χ0n) is 7.70. The largest absolute Gasteiger partial charge is 0.480 e. The lowest BCUT2D eigenvalue weighted by Crippen LogP contribution is -1.93. The van der Waals surface area contributed by atoms with Crippen LogP contribution in [0.3, 0.4) is 0 Å². The molecule has 1 rings (SSSR count). The van der Waals surface area contributed by atoms with E-state index in [9.17, 15) is 0 Å². The Bertz CT molecular complexity index is 245. The summed E-state index contributed by atoms with van der Waals surface area (Å²) >= 11 is 0. The molecule has 1 aromatic heterocycles. The molecule has 68 valence electrons. The summed E-state index contributed by atoms with van der Waals surface area (Å²) in [7, 11) is 3.47. The lowest BCUT2D eigenvalue weighted by Gasteiger charge is -1.99. The standard InChI is InChI=1S/C8H14N2O2/c1-4-12-6-7-5-10(2)9-8(7)11-3/h5H,4,6H2,1-3H3. The Kier molecular flexibility index (Phi) is 3.10. The van der Waals surface area contributed by atoms with Crippen molar-refractivity contribution >= 4 is 0 Å². The quantitative estimate of drug-likeness (QED) is 0.675. The van der Waals surface area contributed by atoms with Crippen molar-refractivity contribution in [2.45, 2.75) is 13.5 Å². The Morgan fingerprint density at radius 2 is 2.33 bits per heavy atom. The molecule has 0 saturated carbocycles. The number of ether oxygens (including phenoxy) is 2. The minimum Gasteiger partial charge on any atom is -0.480 e. The van der Waals surface area contributed by atoms with E-state index in [0.29, 0.717) is 19.1 Å². The van der Waals surface area contributed by atoms with Crippen LogP contribution in [0.4, 0.5) is 0 Å². The van der Waals surface area contributed by atoms with Crippen molar-refractivity contribution in [3.63, 3.8) is 0 Å². The number of nitrogens with zero attached hydrogens (tertiary/aromatic N) is 2. The van der Waals surface area contributed by atoms with Gasteiger partial charge in [0.1, 0.15) is 0 Å². The van der Waals surface area contributed by atoms with Crippen LogP contribution in [0.15, 0.2) is 6.20 Å². The highest BCUT2D eigenvalue weighted by molar-refractivity contribution is 5.21. The number of aromatic nitrogens is 2. The van der Waals surface area contributed by atoms with Gasteiger partial charge in [0.25, 0.3) is 0 Å². The number of methoxy groups -OCH3 is 1. The molecule has 1 heterocycles. The van der Waals surface area contributed by atoms with E-state index in [2.05, 4.69) is 5.10 Å². The maximum absolute atomic E-state index is 5.24. The second kappa shape index (κ2) is 4.11. The lowest BCUT2D eigenvalue weighted by atomic mass is 10.4. The average molecular weight is 170 g/mol. The minimum atomic E-state index is 0.563. The second-order valence-electron chi connectivity index (χ2n) is 2.47. The first kappa shape index (κ1) is 9.06. The molecule has 0 aromatic carbocycles. The summed E-state index contributed by atoms with van der Waals surface area (Å²) in [4.78, 5) is 0. The molecule has 1 aromatic rings. The van der Waals surface area contributed by atoms with Crippen molar-refractivity contribution in [2.75, 3.05) is 13.7 Å². The van der Waals surface area contributed by atoms with Crippen LogP contribution in [0, 0.1) is 0 Å². The Morgan fingerprint density at radius 1 is 1.58 bits per heavy atom. The fourth-order valence-electron chi connectivity index (χ4n) is 1.00. The number of hydrogen-bond donors (Lipinski definition) is 0. The van der Waals surface area contributed by atoms with Crippen molar-refractivity contribution in [1.82, 2.24) is 9.78 Å². The normalized spacial score (nSPS) is 10.2. The summed E-state index contributed by atoms with van der Waals surface area (Å²) in [5, 5.41) is 4.10. The van der Waals surface area contributed by atoms with Gasteiger partial charge < -0.3 is 9.47 Å². The third-order valence-electron chi connectivity index (χ3n) is 1.52. The van der Waals surface area contributed by atoms with Crippen LogP contribution in [0.1, 0.15) is 12.5 Å². The lowest BCUT2D eigenvalue weighted by molar-refractivity contribution is 0.132. The van der Waals surface area contributed by atoms with Crippen molar-refractivity contribution in [3.8, 4) is 5.88 Å². The van der Waals surface area contributed by atoms with E-state index in [4.69, 9.17) is 9.47 Å². The fraction of sp³-hybridized carbons (Fsp3) is 0.625. The topological polar surface area (TPSA) is 36.3 Å². The Balaban J connectivity index is 2.68. The van der Waals surface area contributed by atoms with E-state index in [0.717, 1.165) is 5.56 Å². The molecular weight excluding hydrogens is 156 g/mol. The van der Waals surface area contributed by atoms with Crippen molar-refractivity contribution in [3.05, 3.63) is 11.8 Å². The maximum Gasteiger partial charge on any atom is 0.238 e. The molecule has 0 aliphatic carbocycles. The van der Waals surface area contributed by atoms with Gasteiger partial charge in [-0.25, -0.2) is 0 Å². The number of hydrogen-bond acceptors (Lipinski definition) is 3. The molecule has 4 nitrogen and oxygen atoms in total. The van der Waals surface area contributed by atoms with Crippen molar-refractivity contribution in [2.24, 2.45) is 7.05 Å². The molecule has 0 fully saturated rings. The minimum absolute atomic E-state index is 0.563. The molecule has 12 heavy (non-hydrogen) atoms. The summed E-state index contributed by atoms with van der Waals surface area (Å²) in [5.41, 5.74) is 0.988. The molecule has 0 atom stereocenters. The van der Waals surface area contributed by atoms with Crippen LogP contribution in [0.25, 0.3) is 0 Å². The van der Waals surface area contributed by atoms with Gasteiger partial charge in [-0.15, -0.1) is 5.10 Å². The molecule has 0 saturated heterocycles. The molecule has 4 heteroatoms. The Hall–Kier alpha value is -1.03. The maximum atomic E-state index is 5.24. The molecule has 0 amide bonds. The van der Waals surface area contributed by atoms with E-state index in [1.807, 2.05) is 20.2 Å². The SMILES string of the molecule is CCOCc1cn(C)nc1OC. The summed E-state index contributed by atoms with van der Waals surface area (Å²) < 4.78 is 12.0. The summed E-state index contributed by atoms with van der Waals surface area (Å²) in [6, 6.07) is 0. The monoisotopic (exact) mass is 170 g/mol. The average Bonchev–Trinajstić information content (AvgIpc) is 2.42. The van der Waals surface area contributed by atoms with Crippen LogP contribution < -0.4 is 4.74 Å². The highest BCUT2D eigenvalue weighted by Crippen LogP contribution is 2.15. The van der Waals surface area contributed by atoms with Crippen LogP contribution >= 0.6 is 0 Å². The van der Waals surface area contributed by atoms with Gasteiger partial charge in [-0.1, -0.05) is 0 Å². The highest BCUT2D eigenvalue weighted by atomic mass is 16.5. The highest BCUT2D eigenvalue weighted by Gasteiger charge is 2.06. The van der Waals surface area contributed by atoms with E-state index in [-0.39, 0.29) is 0 Å². The van der Waals surface area contributed by atoms with Crippen LogP contribution in [0.2, 0.25) is 0 Å². The van der Waals surface area contributed by atoms with Crippen LogP contribution in [-0.2, 0) is 18.4 Å². The first-order chi connectivity index (χ1) is 5.77. The summed E-state index contributed by atoms with van der Waals surface area (Å²) in [6.45, 7) is 3.23. The van der Waals surface area contributed by atoms with Crippen molar-refractivity contribution in [1.29, 1.82) is 0 Å². The van der Waals surface area contributed by atoms with E-state index < -0.39 is 0 Å². The molecule has 0 N–H and O–H groups in total. The number of rotatable bonds is 4. The first-order valence-electron chi connectivity index (χ1n) is 3.92. The summed E-state index contributed by atoms with van der Waals surface area (Å²) in [5.74, 6) is 0.644. The molecule has 0 radical (unpaired) electrons. The predicted octanol–water partition coefficient (Wildman–Crippen LogP) is 0.965. The zero-order chi connectivity index (χ0) is 8.97. The summed E-state index contributed by atoms with van der Waals surface area (Å²) in [6.07, 6.45) is 1.90.